The van der Waals surface area contributed by atoms with E-state index in [1.54, 1.807) is 0 Å². The van der Waals surface area contributed by atoms with Gasteiger partial charge in [-0.2, -0.15) is 0 Å². The summed E-state index contributed by atoms with van der Waals surface area (Å²) in [4.78, 5) is 2.35. The van der Waals surface area contributed by atoms with Gasteiger partial charge in [-0.1, -0.05) is 57.0 Å². The SMILES string of the molecule is CCCCN(CCO)CCCC.NCC(O)c1ccccc1. The topological polar surface area (TPSA) is 69.7 Å². The molecule has 22 heavy (non-hydrogen) atoms. The second kappa shape index (κ2) is 15.0. The summed E-state index contributed by atoms with van der Waals surface area (Å²) in [5, 5.41) is 18.0. The molecule has 0 aliphatic heterocycles. The number of hydrogen-bond donors (Lipinski definition) is 3. The highest BCUT2D eigenvalue weighted by atomic mass is 16.3. The van der Waals surface area contributed by atoms with Crippen molar-refractivity contribution in [1.29, 1.82) is 0 Å². The summed E-state index contributed by atoms with van der Waals surface area (Å²) in [6.45, 7) is 8.14. The Labute approximate surface area is 136 Å². The number of nitrogens with zero attached hydrogens (tertiary/aromatic N) is 1. The minimum absolute atomic E-state index is 0.282. The van der Waals surface area contributed by atoms with Crippen molar-refractivity contribution >= 4 is 0 Å². The average Bonchev–Trinajstić information content (AvgIpc) is 2.58. The summed E-state index contributed by atoms with van der Waals surface area (Å²) in [7, 11) is 0. The van der Waals surface area contributed by atoms with E-state index in [0.29, 0.717) is 6.61 Å². The Balaban J connectivity index is 0.000000406. The largest absolute Gasteiger partial charge is 0.395 e. The zero-order chi connectivity index (χ0) is 16.6. The second-order valence-electron chi connectivity index (χ2n) is 5.43. The average molecular weight is 310 g/mol. The van der Waals surface area contributed by atoms with Gasteiger partial charge in [0.05, 0.1) is 12.7 Å². The van der Waals surface area contributed by atoms with Crippen LogP contribution >= 0.6 is 0 Å². The van der Waals surface area contributed by atoms with E-state index in [0.717, 1.165) is 25.2 Å². The summed E-state index contributed by atoms with van der Waals surface area (Å²) < 4.78 is 0. The van der Waals surface area contributed by atoms with Gasteiger partial charge in [-0.25, -0.2) is 0 Å². The first-order valence-electron chi connectivity index (χ1n) is 8.45. The van der Waals surface area contributed by atoms with Crippen molar-refractivity contribution in [3.8, 4) is 0 Å². The third-order valence-corrected chi connectivity index (χ3v) is 3.48. The predicted molar refractivity (Wildman–Crippen MR) is 93.8 cm³/mol. The number of unbranched alkanes of at least 4 members (excludes halogenated alkanes) is 2. The maximum Gasteiger partial charge on any atom is 0.0912 e. The van der Waals surface area contributed by atoms with Gasteiger partial charge in [0.2, 0.25) is 0 Å². The molecule has 0 fully saturated rings. The van der Waals surface area contributed by atoms with E-state index in [1.807, 2.05) is 30.3 Å². The fourth-order valence-electron chi connectivity index (χ4n) is 2.05. The van der Waals surface area contributed by atoms with Gasteiger partial charge in [-0.05, 0) is 31.5 Å². The lowest BCUT2D eigenvalue weighted by atomic mass is 10.1. The molecule has 0 heterocycles. The van der Waals surface area contributed by atoms with Gasteiger partial charge in [-0.15, -0.1) is 0 Å². The monoisotopic (exact) mass is 310 g/mol. The lowest BCUT2D eigenvalue weighted by Crippen LogP contribution is -2.28. The zero-order valence-corrected chi connectivity index (χ0v) is 14.2. The molecule has 0 aliphatic carbocycles. The van der Waals surface area contributed by atoms with Crippen LogP contribution in [0.5, 0.6) is 0 Å². The van der Waals surface area contributed by atoms with E-state index in [-0.39, 0.29) is 6.54 Å². The minimum Gasteiger partial charge on any atom is -0.395 e. The van der Waals surface area contributed by atoms with Crippen LogP contribution in [0.2, 0.25) is 0 Å². The van der Waals surface area contributed by atoms with Gasteiger partial charge in [0.25, 0.3) is 0 Å². The normalized spacial score (nSPS) is 11.9. The maximum absolute atomic E-state index is 9.20. The lowest BCUT2D eigenvalue weighted by molar-refractivity contribution is 0.187. The summed E-state index contributed by atoms with van der Waals surface area (Å²) in [5.74, 6) is 0. The first-order valence-corrected chi connectivity index (χ1v) is 8.45. The Morgan fingerprint density at radius 1 is 1.00 bits per heavy atom. The number of aliphatic hydroxyl groups excluding tert-OH is 2. The fourth-order valence-corrected chi connectivity index (χ4v) is 2.05. The maximum atomic E-state index is 9.20. The fraction of sp³-hybridized carbons (Fsp3) is 0.667. The summed E-state index contributed by atoms with van der Waals surface area (Å²) >= 11 is 0. The third kappa shape index (κ3) is 10.7. The zero-order valence-electron chi connectivity index (χ0n) is 14.2. The number of benzene rings is 1. The smallest absolute Gasteiger partial charge is 0.0912 e. The quantitative estimate of drug-likeness (QED) is 0.621. The first-order chi connectivity index (χ1) is 10.7. The summed E-state index contributed by atoms with van der Waals surface area (Å²) in [6.07, 6.45) is 4.48. The van der Waals surface area contributed by atoms with E-state index in [4.69, 9.17) is 10.8 Å². The van der Waals surface area contributed by atoms with Crippen molar-refractivity contribution in [3.63, 3.8) is 0 Å². The van der Waals surface area contributed by atoms with Gasteiger partial charge < -0.3 is 20.8 Å². The van der Waals surface area contributed by atoms with Crippen LogP contribution in [0.4, 0.5) is 0 Å². The molecule has 0 saturated carbocycles. The van der Waals surface area contributed by atoms with Crippen molar-refractivity contribution in [2.75, 3.05) is 32.8 Å². The van der Waals surface area contributed by atoms with Gasteiger partial charge in [0, 0.05) is 13.1 Å². The standard InChI is InChI=1S/C10H23NO.C8H11NO/c1-3-5-7-11(9-10-12)8-6-4-2;9-6-8(10)7-4-2-1-3-5-7/h12H,3-10H2,1-2H3;1-5,8,10H,6,9H2. The lowest BCUT2D eigenvalue weighted by Gasteiger charge is -2.20. The molecule has 0 bridgehead atoms. The third-order valence-electron chi connectivity index (χ3n) is 3.48. The molecule has 128 valence electrons. The number of rotatable bonds is 10. The number of aliphatic hydroxyl groups is 2. The molecule has 1 rings (SSSR count). The van der Waals surface area contributed by atoms with Crippen molar-refractivity contribution in [2.24, 2.45) is 5.73 Å². The predicted octanol–water partition coefficient (Wildman–Crippen LogP) is 2.56. The van der Waals surface area contributed by atoms with Crippen LogP contribution in [0.25, 0.3) is 0 Å². The molecule has 1 aromatic rings. The molecule has 0 spiro atoms. The van der Waals surface area contributed by atoms with Crippen molar-refractivity contribution in [3.05, 3.63) is 35.9 Å². The Bertz CT molecular complexity index is 325. The molecular weight excluding hydrogens is 276 g/mol. The van der Waals surface area contributed by atoms with E-state index in [9.17, 15) is 5.11 Å². The number of hydrogen-bond acceptors (Lipinski definition) is 4. The highest BCUT2D eigenvalue weighted by Crippen LogP contribution is 2.08. The van der Waals surface area contributed by atoms with E-state index in [2.05, 4.69) is 18.7 Å². The Morgan fingerprint density at radius 3 is 1.95 bits per heavy atom. The Hall–Kier alpha value is -0.940. The van der Waals surface area contributed by atoms with E-state index in [1.165, 1.54) is 25.7 Å². The molecule has 4 N–H and O–H groups in total. The molecule has 0 saturated heterocycles. The highest BCUT2D eigenvalue weighted by molar-refractivity contribution is 5.17. The van der Waals surface area contributed by atoms with Crippen LogP contribution in [-0.4, -0.2) is 47.9 Å². The molecule has 4 nitrogen and oxygen atoms in total. The van der Waals surface area contributed by atoms with Crippen LogP contribution in [-0.2, 0) is 0 Å². The van der Waals surface area contributed by atoms with Crippen molar-refractivity contribution in [2.45, 2.75) is 45.6 Å². The van der Waals surface area contributed by atoms with Crippen molar-refractivity contribution in [1.82, 2.24) is 4.90 Å². The molecule has 1 aromatic carbocycles. The molecule has 1 atom stereocenters. The van der Waals surface area contributed by atoms with Gasteiger partial charge in [-0.3, -0.25) is 0 Å². The molecule has 0 amide bonds. The Morgan fingerprint density at radius 2 is 1.55 bits per heavy atom. The minimum atomic E-state index is -0.513. The van der Waals surface area contributed by atoms with Gasteiger partial charge >= 0.3 is 0 Å². The van der Waals surface area contributed by atoms with Crippen LogP contribution in [0.3, 0.4) is 0 Å². The van der Waals surface area contributed by atoms with E-state index < -0.39 is 6.10 Å². The van der Waals surface area contributed by atoms with Gasteiger partial charge in [0.1, 0.15) is 0 Å². The second-order valence-corrected chi connectivity index (χ2v) is 5.43. The summed E-state index contributed by atoms with van der Waals surface area (Å²) in [6, 6.07) is 9.39. The molecule has 0 radical (unpaired) electrons. The molecule has 1 unspecified atom stereocenters. The molecule has 4 heteroatoms. The molecular formula is C18H34N2O2. The van der Waals surface area contributed by atoms with Gasteiger partial charge in [0.15, 0.2) is 0 Å². The van der Waals surface area contributed by atoms with Crippen LogP contribution in [0.1, 0.15) is 51.2 Å². The molecule has 0 aromatic heterocycles. The number of nitrogens with two attached hydrogens (primary N) is 1. The van der Waals surface area contributed by atoms with Crippen molar-refractivity contribution < 1.29 is 10.2 Å². The van der Waals surface area contributed by atoms with Crippen LogP contribution < -0.4 is 5.73 Å². The highest BCUT2D eigenvalue weighted by Gasteiger charge is 2.02. The van der Waals surface area contributed by atoms with E-state index >= 15 is 0 Å². The summed E-state index contributed by atoms with van der Waals surface area (Å²) in [5.41, 5.74) is 6.13. The van der Waals surface area contributed by atoms with Crippen LogP contribution in [0, 0.1) is 0 Å². The Kier molecular flexibility index (Phi) is 14.3. The molecule has 0 aliphatic rings. The first kappa shape index (κ1) is 21.1. The van der Waals surface area contributed by atoms with Crippen LogP contribution in [0.15, 0.2) is 30.3 Å².